The van der Waals surface area contributed by atoms with Gasteiger partial charge in [0.1, 0.15) is 0 Å². The predicted molar refractivity (Wildman–Crippen MR) is 192 cm³/mol. The van der Waals surface area contributed by atoms with Crippen LogP contribution in [0.15, 0.2) is 133 Å². The summed E-state index contributed by atoms with van der Waals surface area (Å²) in [4.78, 5) is 0. The van der Waals surface area contributed by atoms with Crippen LogP contribution in [0.1, 0.15) is 22.3 Å². The molecule has 0 spiro atoms. The van der Waals surface area contributed by atoms with Gasteiger partial charge < -0.3 is 0 Å². The molecule has 0 aliphatic carbocycles. The highest BCUT2D eigenvalue weighted by molar-refractivity contribution is 6.23. The Morgan fingerprint density at radius 2 is 0.886 bits per heavy atom. The van der Waals surface area contributed by atoms with Gasteiger partial charge in [-0.2, -0.15) is 0 Å². The van der Waals surface area contributed by atoms with Crippen molar-refractivity contribution in [2.45, 2.75) is 27.7 Å². The number of benzene rings is 8. The van der Waals surface area contributed by atoms with Crippen molar-refractivity contribution in [2.24, 2.45) is 0 Å². The fourth-order valence-corrected chi connectivity index (χ4v) is 7.12. The third-order valence-electron chi connectivity index (χ3n) is 9.61. The summed E-state index contributed by atoms with van der Waals surface area (Å²) in [5.41, 5.74) is 13.0. The number of rotatable bonds is 3. The molecular formula is C44H34. The van der Waals surface area contributed by atoms with E-state index >= 15 is 0 Å². The minimum atomic E-state index is 1.25. The maximum atomic E-state index is 2.43. The Morgan fingerprint density at radius 1 is 0.341 bits per heavy atom. The largest absolute Gasteiger partial charge is 0.0616 e. The van der Waals surface area contributed by atoms with Crippen molar-refractivity contribution in [1.29, 1.82) is 0 Å². The lowest BCUT2D eigenvalue weighted by Gasteiger charge is -2.21. The van der Waals surface area contributed by atoms with Crippen LogP contribution in [0.25, 0.3) is 76.5 Å². The Bertz CT molecular complexity index is 2400. The predicted octanol–water partition coefficient (Wildman–Crippen LogP) is 12.5. The fourth-order valence-electron chi connectivity index (χ4n) is 7.12. The molecule has 0 heteroatoms. The Labute approximate surface area is 259 Å². The van der Waals surface area contributed by atoms with Crippen molar-refractivity contribution < 1.29 is 0 Å². The van der Waals surface area contributed by atoms with E-state index in [1.165, 1.54) is 98.7 Å². The Hall–Kier alpha value is -5.20. The van der Waals surface area contributed by atoms with Crippen LogP contribution in [0.2, 0.25) is 0 Å². The van der Waals surface area contributed by atoms with E-state index in [4.69, 9.17) is 0 Å². The number of aryl methyl sites for hydroxylation is 3. The Morgan fingerprint density at radius 3 is 1.57 bits per heavy atom. The average Bonchev–Trinajstić information content (AvgIpc) is 3.05. The smallest absolute Gasteiger partial charge is 0.00198 e. The normalized spacial score (nSPS) is 11.6. The molecule has 0 amide bonds. The Kier molecular flexibility index (Phi) is 6.13. The van der Waals surface area contributed by atoms with E-state index in [1.807, 2.05) is 0 Å². The lowest BCUT2D eigenvalue weighted by molar-refractivity contribution is 1.27. The Balaban J connectivity index is 1.54. The molecule has 0 nitrogen and oxygen atoms in total. The second-order valence-electron chi connectivity index (χ2n) is 12.4. The zero-order valence-electron chi connectivity index (χ0n) is 25.7. The molecule has 0 N–H and O–H groups in total. The topological polar surface area (TPSA) is 0 Å². The van der Waals surface area contributed by atoms with E-state index in [0.717, 1.165) is 0 Å². The first-order valence-corrected chi connectivity index (χ1v) is 15.5. The number of fused-ring (bicyclic) bond motifs is 4. The van der Waals surface area contributed by atoms with Crippen LogP contribution in [-0.4, -0.2) is 0 Å². The molecule has 0 atom stereocenters. The lowest BCUT2D eigenvalue weighted by Crippen LogP contribution is -1.95. The minimum absolute atomic E-state index is 1.25. The SMILES string of the molecule is Cc1ccc2c(-c3ccc4ccccc4c3)c3ccccc3c(-c3cc4ccccc4cc3-c3cc(C)c(C)c(C)c3)c2c1. The zero-order chi connectivity index (χ0) is 29.9. The van der Waals surface area contributed by atoms with E-state index in [0.29, 0.717) is 0 Å². The summed E-state index contributed by atoms with van der Waals surface area (Å²) in [7, 11) is 0. The van der Waals surface area contributed by atoms with Crippen LogP contribution >= 0.6 is 0 Å². The monoisotopic (exact) mass is 562 g/mol. The molecule has 0 aliphatic rings. The molecule has 0 aromatic heterocycles. The molecule has 8 rings (SSSR count). The second kappa shape index (κ2) is 10.2. The summed E-state index contributed by atoms with van der Waals surface area (Å²) in [5.74, 6) is 0. The molecule has 210 valence electrons. The van der Waals surface area contributed by atoms with Crippen molar-refractivity contribution >= 4 is 43.1 Å². The maximum absolute atomic E-state index is 2.43. The van der Waals surface area contributed by atoms with E-state index in [2.05, 4.69) is 161 Å². The molecule has 0 aliphatic heterocycles. The van der Waals surface area contributed by atoms with Crippen LogP contribution < -0.4 is 0 Å². The van der Waals surface area contributed by atoms with Gasteiger partial charge in [0.25, 0.3) is 0 Å². The van der Waals surface area contributed by atoms with Gasteiger partial charge in [0.05, 0.1) is 0 Å². The molecule has 8 aromatic rings. The van der Waals surface area contributed by atoms with Crippen molar-refractivity contribution in [1.82, 2.24) is 0 Å². The fraction of sp³-hybridized carbons (Fsp3) is 0.0909. The summed E-state index contributed by atoms with van der Waals surface area (Å²) in [6.45, 7) is 8.91. The maximum Gasteiger partial charge on any atom is -0.00198 e. The molecule has 0 saturated heterocycles. The molecule has 0 radical (unpaired) electrons. The van der Waals surface area contributed by atoms with Gasteiger partial charge >= 0.3 is 0 Å². The van der Waals surface area contributed by atoms with Crippen molar-refractivity contribution in [3.63, 3.8) is 0 Å². The summed E-state index contributed by atoms with van der Waals surface area (Å²) in [6, 6.07) is 49.9. The van der Waals surface area contributed by atoms with Gasteiger partial charge in [-0.1, -0.05) is 121 Å². The summed E-state index contributed by atoms with van der Waals surface area (Å²) < 4.78 is 0. The van der Waals surface area contributed by atoms with Crippen molar-refractivity contribution in [3.8, 4) is 33.4 Å². The standard InChI is InChI=1S/C44H34/c1-27-17-20-39-41(21-27)44(38-16-10-9-15-37(38)43(39)35-19-18-31-11-5-6-12-32(31)24-35)42-26-34-14-8-7-13-33(34)25-40(42)36-22-28(2)30(4)29(3)23-36/h5-26H,1-4H3. The molecule has 0 unspecified atom stereocenters. The molecule has 0 heterocycles. The molecule has 0 fully saturated rings. The van der Waals surface area contributed by atoms with E-state index in [-0.39, 0.29) is 0 Å². The summed E-state index contributed by atoms with van der Waals surface area (Å²) >= 11 is 0. The van der Waals surface area contributed by atoms with Crippen molar-refractivity contribution in [2.75, 3.05) is 0 Å². The van der Waals surface area contributed by atoms with Gasteiger partial charge in [0, 0.05) is 0 Å². The third-order valence-corrected chi connectivity index (χ3v) is 9.61. The first-order chi connectivity index (χ1) is 21.5. The van der Waals surface area contributed by atoms with Gasteiger partial charge in [-0.05, 0) is 139 Å². The highest BCUT2D eigenvalue weighted by Gasteiger charge is 2.20. The summed E-state index contributed by atoms with van der Waals surface area (Å²) in [6.07, 6.45) is 0. The molecular weight excluding hydrogens is 528 g/mol. The molecule has 0 bridgehead atoms. The van der Waals surface area contributed by atoms with Crippen LogP contribution in [0.3, 0.4) is 0 Å². The average molecular weight is 563 g/mol. The van der Waals surface area contributed by atoms with E-state index in [9.17, 15) is 0 Å². The van der Waals surface area contributed by atoms with E-state index in [1.54, 1.807) is 0 Å². The lowest BCUT2D eigenvalue weighted by atomic mass is 9.82. The molecule has 0 saturated carbocycles. The quantitative estimate of drug-likeness (QED) is 0.188. The van der Waals surface area contributed by atoms with Gasteiger partial charge in [0.2, 0.25) is 0 Å². The highest BCUT2D eigenvalue weighted by Crippen LogP contribution is 2.47. The van der Waals surface area contributed by atoms with Gasteiger partial charge in [-0.25, -0.2) is 0 Å². The van der Waals surface area contributed by atoms with Gasteiger partial charge in [-0.15, -0.1) is 0 Å². The highest BCUT2D eigenvalue weighted by atomic mass is 14.2. The molecule has 44 heavy (non-hydrogen) atoms. The zero-order valence-corrected chi connectivity index (χ0v) is 25.7. The van der Waals surface area contributed by atoms with Crippen LogP contribution in [0.4, 0.5) is 0 Å². The number of hydrogen-bond donors (Lipinski definition) is 0. The van der Waals surface area contributed by atoms with E-state index < -0.39 is 0 Å². The van der Waals surface area contributed by atoms with Crippen LogP contribution in [0, 0.1) is 27.7 Å². The second-order valence-corrected chi connectivity index (χ2v) is 12.4. The summed E-state index contributed by atoms with van der Waals surface area (Å²) in [5, 5.41) is 10.2. The first-order valence-electron chi connectivity index (χ1n) is 15.5. The first kappa shape index (κ1) is 26.4. The number of hydrogen-bond acceptors (Lipinski definition) is 0. The van der Waals surface area contributed by atoms with Crippen LogP contribution in [0.5, 0.6) is 0 Å². The minimum Gasteiger partial charge on any atom is -0.0616 e. The molecule has 8 aromatic carbocycles. The third kappa shape index (κ3) is 4.21. The van der Waals surface area contributed by atoms with Crippen LogP contribution in [-0.2, 0) is 0 Å². The van der Waals surface area contributed by atoms with Gasteiger partial charge in [-0.3, -0.25) is 0 Å². The van der Waals surface area contributed by atoms with Crippen molar-refractivity contribution in [3.05, 3.63) is 156 Å². The van der Waals surface area contributed by atoms with Gasteiger partial charge in [0.15, 0.2) is 0 Å².